The molecule has 34 heavy (non-hydrogen) atoms. The highest BCUT2D eigenvalue weighted by Gasteiger charge is 2.26. The summed E-state index contributed by atoms with van der Waals surface area (Å²) in [5.41, 5.74) is 11.2. The molecule has 1 saturated carbocycles. The molecule has 1 unspecified atom stereocenters. The van der Waals surface area contributed by atoms with Crippen molar-refractivity contribution in [1.29, 1.82) is 0 Å². The van der Waals surface area contributed by atoms with Gasteiger partial charge in [-0.1, -0.05) is 114 Å². The Morgan fingerprint density at radius 3 is 2.26 bits per heavy atom. The van der Waals surface area contributed by atoms with Crippen molar-refractivity contribution in [1.82, 2.24) is 0 Å². The number of hydrogen-bond donors (Lipinski definition) is 0. The maximum absolute atomic E-state index is 4.58. The van der Waals surface area contributed by atoms with Crippen LogP contribution in [0.4, 0.5) is 0 Å². The molecule has 0 saturated heterocycles. The molecule has 2 aromatic rings. The summed E-state index contributed by atoms with van der Waals surface area (Å²) in [5, 5.41) is 0. The summed E-state index contributed by atoms with van der Waals surface area (Å²) < 4.78 is 0. The van der Waals surface area contributed by atoms with Crippen LogP contribution in [0.3, 0.4) is 0 Å². The lowest BCUT2D eigenvalue weighted by Gasteiger charge is -2.23. The summed E-state index contributed by atoms with van der Waals surface area (Å²) in [6.45, 7) is 20.3. The van der Waals surface area contributed by atoms with Gasteiger partial charge >= 0.3 is 0 Å². The number of rotatable bonds is 9. The Morgan fingerprint density at radius 2 is 1.65 bits per heavy atom. The van der Waals surface area contributed by atoms with E-state index in [1.165, 1.54) is 57.4 Å². The first-order valence-electron chi connectivity index (χ1n) is 13.1. The molecule has 0 heteroatoms. The molecule has 1 fully saturated rings. The predicted molar refractivity (Wildman–Crippen MR) is 150 cm³/mol. The Balaban J connectivity index is 1.49. The van der Waals surface area contributed by atoms with Crippen molar-refractivity contribution in [3.8, 4) is 0 Å². The van der Waals surface area contributed by atoms with E-state index in [-0.39, 0.29) is 0 Å². The molecule has 0 aliphatic heterocycles. The number of hydrogen-bond acceptors (Lipinski definition) is 0. The van der Waals surface area contributed by atoms with Crippen molar-refractivity contribution in [2.24, 2.45) is 11.3 Å². The van der Waals surface area contributed by atoms with E-state index < -0.39 is 0 Å². The second-order valence-electron chi connectivity index (χ2n) is 11.8. The second kappa shape index (κ2) is 9.95. The van der Waals surface area contributed by atoms with Crippen molar-refractivity contribution < 1.29 is 0 Å². The van der Waals surface area contributed by atoms with E-state index in [1.807, 2.05) is 0 Å². The van der Waals surface area contributed by atoms with Gasteiger partial charge in [-0.25, -0.2) is 0 Å². The van der Waals surface area contributed by atoms with Crippen LogP contribution in [0.1, 0.15) is 100.0 Å². The topological polar surface area (TPSA) is 0 Å². The third-order valence-electron chi connectivity index (χ3n) is 7.38. The van der Waals surface area contributed by atoms with Crippen LogP contribution in [0.5, 0.6) is 0 Å². The van der Waals surface area contributed by atoms with E-state index in [1.54, 1.807) is 0 Å². The number of allylic oxidation sites excluding steroid dienone is 6. The van der Waals surface area contributed by atoms with E-state index in [4.69, 9.17) is 0 Å². The lowest BCUT2D eigenvalue weighted by Crippen LogP contribution is -2.10. The fraction of sp³-hybridized carbons (Fsp3) is 0.412. The average molecular weight is 451 g/mol. The molecule has 0 N–H and O–H groups in total. The van der Waals surface area contributed by atoms with Gasteiger partial charge in [-0.2, -0.15) is 0 Å². The molecule has 4 rings (SSSR count). The molecule has 178 valence electrons. The van der Waals surface area contributed by atoms with Crippen molar-refractivity contribution >= 4 is 11.1 Å². The van der Waals surface area contributed by atoms with Crippen molar-refractivity contribution in [3.63, 3.8) is 0 Å². The van der Waals surface area contributed by atoms with E-state index in [0.717, 1.165) is 25.2 Å². The van der Waals surface area contributed by atoms with Crippen LogP contribution < -0.4 is 0 Å². The zero-order chi connectivity index (χ0) is 24.5. The summed E-state index contributed by atoms with van der Waals surface area (Å²) in [6, 6.07) is 16.3. The lowest BCUT2D eigenvalue weighted by atomic mass is 9.81. The van der Waals surface area contributed by atoms with Gasteiger partial charge in [0.25, 0.3) is 0 Å². The number of benzene rings is 2. The Morgan fingerprint density at radius 1 is 0.941 bits per heavy atom. The second-order valence-corrected chi connectivity index (χ2v) is 11.8. The summed E-state index contributed by atoms with van der Waals surface area (Å²) in [5.74, 6) is 1.58. The molecule has 0 bridgehead atoms. The standard InChI is InChI=1S/C34H42/c1-8-23(2)27-12-16-29(17-13-27)33-11-9-10-32(33)25(4)18-24(3)30-19-26(22-34(5,6)7)20-31(21-30)28-14-15-28/h9-13,16-17,19-21,25,28,33H,2-3,8,14-15,18,22H2,1,4-7H3/t25-,33?/m1/s1. The van der Waals surface area contributed by atoms with E-state index in [9.17, 15) is 0 Å². The Hall–Kier alpha value is -2.60. The zero-order valence-corrected chi connectivity index (χ0v) is 22.0. The van der Waals surface area contributed by atoms with Crippen molar-refractivity contribution in [2.45, 2.75) is 78.6 Å². The Labute approximate surface area is 208 Å². The van der Waals surface area contributed by atoms with Gasteiger partial charge in [0, 0.05) is 5.92 Å². The largest absolute Gasteiger partial charge is 0.0952 e. The maximum atomic E-state index is 4.58. The highest BCUT2D eigenvalue weighted by molar-refractivity contribution is 5.66. The summed E-state index contributed by atoms with van der Waals surface area (Å²) in [4.78, 5) is 0. The zero-order valence-electron chi connectivity index (χ0n) is 22.0. The average Bonchev–Trinajstić information content (AvgIpc) is 3.53. The van der Waals surface area contributed by atoms with Gasteiger partial charge in [-0.3, -0.25) is 0 Å². The van der Waals surface area contributed by atoms with Crippen LogP contribution in [-0.4, -0.2) is 0 Å². The molecule has 0 heterocycles. The minimum Gasteiger partial charge on any atom is -0.0952 e. The van der Waals surface area contributed by atoms with Crippen LogP contribution in [0.25, 0.3) is 11.1 Å². The molecular formula is C34H42. The van der Waals surface area contributed by atoms with Crippen LogP contribution in [-0.2, 0) is 6.42 Å². The van der Waals surface area contributed by atoms with Gasteiger partial charge in [0.15, 0.2) is 0 Å². The first-order chi connectivity index (χ1) is 16.1. The van der Waals surface area contributed by atoms with Gasteiger partial charge < -0.3 is 0 Å². The monoisotopic (exact) mass is 450 g/mol. The first-order valence-corrected chi connectivity index (χ1v) is 13.1. The highest BCUT2D eigenvalue weighted by Crippen LogP contribution is 2.43. The fourth-order valence-electron chi connectivity index (χ4n) is 5.29. The van der Waals surface area contributed by atoms with Crippen LogP contribution in [0, 0.1) is 11.3 Å². The molecule has 0 radical (unpaired) electrons. The molecule has 2 atom stereocenters. The summed E-state index contributed by atoms with van der Waals surface area (Å²) in [7, 11) is 0. The normalized spacial score (nSPS) is 18.6. The van der Waals surface area contributed by atoms with Crippen LogP contribution in [0.15, 0.2) is 79.4 Å². The first kappa shape index (κ1) is 24.5. The van der Waals surface area contributed by atoms with E-state index in [2.05, 4.69) is 108 Å². The van der Waals surface area contributed by atoms with Crippen molar-refractivity contribution in [2.75, 3.05) is 0 Å². The van der Waals surface area contributed by atoms with Crippen LogP contribution in [0.2, 0.25) is 0 Å². The molecule has 2 aliphatic rings. The van der Waals surface area contributed by atoms with Gasteiger partial charge in [0.05, 0.1) is 0 Å². The highest BCUT2D eigenvalue weighted by atomic mass is 14.3. The summed E-state index contributed by atoms with van der Waals surface area (Å²) in [6.07, 6.45) is 12.7. The minimum atomic E-state index is 0.292. The summed E-state index contributed by atoms with van der Waals surface area (Å²) >= 11 is 0. The van der Waals surface area contributed by atoms with Gasteiger partial charge in [0.2, 0.25) is 0 Å². The maximum Gasteiger partial charge on any atom is 0.0237 e. The lowest BCUT2D eigenvalue weighted by molar-refractivity contribution is 0.411. The van der Waals surface area contributed by atoms with E-state index >= 15 is 0 Å². The molecular weight excluding hydrogens is 408 g/mol. The molecule has 0 spiro atoms. The van der Waals surface area contributed by atoms with E-state index in [0.29, 0.717) is 17.3 Å². The quantitative estimate of drug-likeness (QED) is 0.356. The molecule has 2 aromatic carbocycles. The Kier molecular flexibility index (Phi) is 7.17. The van der Waals surface area contributed by atoms with Crippen LogP contribution >= 0.6 is 0 Å². The Bertz CT molecular complexity index is 1110. The molecule has 0 nitrogen and oxygen atoms in total. The third-order valence-corrected chi connectivity index (χ3v) is 7.38. The molecule has 0 amide bonds. The SMILES string of the molecule is C=C(CC)c1ccc(C2C=CC=C2[C@H](C)CC(=C)c2cc(CC(C)(C)C)cc(C3CC3)c2)cc1. The molecule has 0 aromatic heterocycles. The minimum absolute atomic E-state index is 0.292. The van der Waals surface area contributed by atoms with Crippen molar-refractivity contribution in [3.05, 3.63) is 107 Å². The predicted octanol–water partition coefficient (Wildman–Crippen LogP) is 9.90. The fourth-order valence-corrected chi connectivity index (χ4v) is 5.29. The van der Waals surface area contributed by atoms with Gasteiger partial charge in [-0.05, 0) is 88.3 Å². The van der Waals surface area contributed by atoms with Gasteiger partial charge in [0.1, 0.15) is 0 Å². The van der Waals surface area contributed by atoms with Gasteiger partial charge in [-0.15, -0.1) is 0 Å². The molecule has 2 aliphatic carbocycles. The smallest absolute Gasteiger partial charge is 0.0237 e. The third kappa shape index (κ3) is 5.90.